The second-order valence-electron chi connectivity index (χ2n) is 4.48. The van der Waals surface area contributed by atoms with E-state index in [0.717, 1.165) is 0 Å². The Morgan fingerprint density at radius 1 is 0.913 bits per heavy atom. The third-order valence-corrected chi connectivity index (χ3v) is 5.28. The predicted molar refractivity (Wildman–Crippen MR) is 93.7 cm³/mol. The minimum atomic E-state index is -4.59. The molecule has 122 valence electrons. The van der Waals surface area contributed by atoms with Crippen LogP contribution < -0.4 is 0 Å². The molecule has 0 saturated carbocycles. The van der Waals surface area contributed by atoms with Gasteiger partial charge in [0.15, 0.2) is 0 Å². The fourth-order valence-electron chi connectivity index (χ4n) is 1.94. The van der Waals surface area contributed by atoms with Crippen LogP contribution in [-0.4, -0.2) is 14.9 Å². The number of benzene rings is 2. The van der Waals surface area contributed by atoms with Crippen LogP contribution in [0, 0.1) is 0 Å². The van der Waals surface area contributed by atoms with Crippen molar-refractivity contribution in [1.82, 2.24) is 0 Å². The quantitative estimate of drug-likeness (QED) is 0.349. The van der Waals surface area contributed by atoms with Crippen LogP contribution in [0.2, 0.25) is 20.1 Å². The van der Waals surface area contributed by atoms with Crippen molar-refractivity contribution in [2.45, 2.75) is 0 Å². The molecule has 0 amide bonds. The zero-order chi connectivity index (χ0) is 17.4. The van der Waals surface area contributed by atoms with Crippen molar-refractivity contribution in [3.05, 3.63) is 67.4 Å². The Kier molecular flexibility index (Phi) is 5.70. The van der Waals surface area contributed by atoms with E-state index < -0.39 is 13.3 Å². The van der Waals surface area contributed by atoms with E-state index in [2.05, 4.69) is 0 Å². The van der Waals surface area contributed by atoms with Crippen LogP contribution in [-0.2, 0) is 4.57 Å². The molecule has 0 spiro atoms. The minimum Gasteiger partial charge on any atom is -0.506 e. The van der Waals surface area contributed by atoms with Gasteiger partial charge in [-0.1, -0.05) is 76.7 Å². The highest BCUT2D eigenvalue weighted by Crippen LogP contribution is 2.51. The first kappa shape index (κ1) is 18.6. The number of rotatable bonds is 3. The van der Waals surface area contributed by atoms with Gasteiger partial charge in [0.1, 0.15) is 10.8 Å². The normalized spacial score (nSPS) is 12.5. The summed E-state index contributed by atoms with van der Waals surface area (Å²) in [5.41, 5.74) is 0.282. The molecule has 3 N–H and O–H groups in total. The molecular weight excluding hydrogens is 405 g/mol. The van der Waals surface area contributed by atoms with Gasteiger partial charge in [0, 0.05) is 17.0 Å². The second-order valence-corrected chi connectivity index (χ2v) is 7.43. The van der Waals surface area contributed by atoms with Gasteiger partial charge in [-0.25, -0.2) is 0 Å². The second kappa shape index (κ2) is 7.04. The largest absolute Gasteiger partial charge is 0.506 e. The van der Waals surface area contributed by atoms with Gasteiger partial charge in [-0.3, -0.25) is 4.57 Å². The molecule has 0 heterocycles. The summed E-state index contributed by atoms with van der Waals surface area (Å²) in [6.45, 7) is 0. The van der Waals surface area contributed by atoms with Crippen LogP contribution >= 0.6 is 54.0 Å². The molecule has 2 rings (SSSR count). The van der Waals surface area contributed by atoms with Crippen LogP contribution in [0.3, 0.4) is 0 Å². The Bertz CT molecular complexity index is 801. The molecule has 0 unspecified atom stereocenters. The van der Waals surface area contributed by atoms with Gasteiger partial charge in [0.05, 0.1) is 15.1 Å². The molecule has 0 radical (unpaired) electrons. The lowest BCUT2D eigenvalue weighted by molar-refractivity contribution is 0.386. The number of aromatic hydroxyl groups is 1. The maximum absolute atomic E-state index is 11.4. The van der Waals surface area contributed by atoms with Gasteiger partial charge in [-0.05, 0) is 5.56 Å². The van der Waals surface area contributed by atoms with Crippen molar-refractivity contribution >= 4 is 59.6 Å². The summed E-state index contributed by atoms with van der Waals surface area (Å²) in [4.78, 5) is 18.6. The number of hydrogen-bond acceptors (Lipinski definition) is 2. The Morgan fingerprint density at radius 2 is 1.43 bits per heavy atom. The Morgan fingerprint density at radius 3 is 1.96 bits per heavy atom. The molecule has 2 aromatic carbocycles. The van der Waals surface area contributed by atoms with Crippen LogP contribution in [0.4, 0.5) is 0 Å². The van der Waals surface area contributed by atoms with Crippen molar-refractivity contribution in [3.8, 4) is 5.75 Å². The topological polar surface area (TPSA) is 77.8 Å². The van der Waals surface area contributed by atoms with Gasteiger partial charge in [0.2, 0.25) is 0 Å². The molecule has 23 heavy (non-hydrogen) atoms. The van der Waals surface area contributed by atoms with Gasteiger partial charge in [-0.15, -0.1) is 0 Å². The predicted octanol–water partition coefficient (Wildman–Crippen LogP) is 5.57. The van der Waals surface area contributed by atoms with Crippen LogP contribution in [0.15, 0.2) is 36.1 Å². The zero-order valence-electron chi connectivity index (χ0n) is 11.2. The fourth-order valence-corrected chi connectivity index (χ4v) is 3.49. The Balaban J connectivity index is 2.88. The van der Waals surface area contributed by atoms with Crippen LogP contribution in [0.1, 0.15) is 11.1 Å². The van der Waals surface area contributed by atoms with E-state index in [1.807, 2.05) is 0 Å². The lowest BCUT2D eigenvalue weighted by Crippen LogP contribution is -1.94. The van der Waals surface area contributed by atoms with Crippen molar-refractivity contribution in [2.75, 3.05) is 0 Å². The smallest absolute Gasteiger partial charge is 0.349 e. The molecule has 0 aliphatic heterocycles. The van der Waals surface area contributed by atoms with E-state index in [0.29, 0.717) is 11.4 Å². The molecule has 0 aromatic heterocycles. The number of phenols is 1. The number of halogens is 4. The molecule has 0 aliphatic carbocycles. The minimum absolute atomic E-state index is 0.0121. The third kappa shape index (κ3) is 4.04. The van der Waals surface area contributed by atoms with Gasteiger partial charge in [-0.2, -0.15) is 0 Å². The van der Waals surface area contributed by atoms with Crippen molar-refractivity contribution in [2.24, 2.45) is 0 Å². The highest BCUT2D eigenvalue weighted by atomic mass is 35.5. The molecule has 2 aromatic rings. The summed E-state index contributed by atoms with van der Waals surface area (Å²) in [6, 6.07) is 8.23. The van der Waals surface area contributed by atoms with E-state index in [1.54, 1.807) is 30.3 Å². The highest BCUT2D eigenvalue weighted by molar-refractivity contribution is 7.55. The van der Waals surface area contributed by atoms with Gasteiger partial charge < -0.3 is 14.9 Å². The summed E-state index contributed by atoms with van der Waals surface area (Å²) in [7, 11) is -4.59. The molecule has 0 fully saturated rings. The maximum atomic E-state index is 11.4. The molecule has 9 heteroatoms. The molecule has 4 nitrogen and oxygen atoms in total. The maximum Gasteiger partial charge on any atom is 0.349 e. The lowest BCUT2D eigenvalue weighted by Gasteiger charge is -2.16. The van der Waals surface area contributed by atoms with E-state index in [1.165, 1.54) is 0 Å². The monoisotopic (exact) mass is 412 g/mol. The standard InChI is InChI=1S/C14H9Cl4O4P/c15-10-9(14(19)13(18)12(17)11(10)16)8(6-23(20,21)22)7-4-2-1-3-5-7/h1-6,19H,(H2,20,21,22). The zero-order valence-corrected chi connectivity index (χ0v) is 15.1. The molecule has 0 saturated heterocycles. The van der Waals surface area contributed by atoms with Crippen molar-refractivity contribution in [3.63, 3.8) is 0 Å². The van der Waals surface area contributed by atoms with Crippen LogP contribution in [0.5, 0.6) is 5.75 Å². The Hall–Kier alpha value is -0.710. The lowest BCUT2D eigenvalue weighted by atomic mass is 9.98. The van der Waals surface area contributed by atoms with Crippen LogP contribution in [0.25, 0.3) is 5.57 Å². The first-order valence-electron chi connectivity index (χ1n) is 6.02. The van der Waals surface area contributed by atoms with E-state index in [4.69, 9.17) is 46.4 Å². The average molecular weight is 414 g/mol. The van der Waals surface area contributed by atoms with Gasteiger partial charge in [0.25, 0.3) is 0 Å². The third-order valence-electron chi connectivity index (χ3n) is 2.89. The van der Waals surface area contributed by atoms with Gasteiger partial charge >= 0.3 is 7.60 Å². The molecular formula is C14H9Cl4O4P. The summed E-state index contributed by atoms with van der Waals surface area (Å²) < 4.78 is 11.4. The van der Waals surface area contributed by atoms with E-state index >= 15 is 0 Å². The highest BCUT2D eigenvalue weighted by Gasteiger charge is 2.25. The number of hydrogen-bond donors (Lipinski definition) is 3. The molecule has 0 aliphatic rings. The average Bonchev–Trinajstić information content (AvgIpc) is 2.50. The summed E-state index contributed by atoms with van der Waals surface area (Å²) in [5.74, 6) is 0.165. The van der Waals surface area contributed by atoms with Crippen molar-refractivity contribution in [1.29, 1.82) is 0 Å². The summed E-state index contributed by atoms with van der Waals surface area (Å²) in [6.07, 6.45) is 0. The van der Waals surface area contributed by atoms with Crippen molar-refractivity contribution < 1.29 is 19.5 Å². The van der Waals surface area contributed by atoms with E-state index in [-0.39, 0.29) is 31.2 Å². The summed E-state index contributed by atoms with van der Waals surface area (Å²) >= 11 is 23.9. The molecule has 0 bridgehead atoms. The summed E-state index contributed by atoms with van der Waals surface area (Å²) in [5, 5.41) is 9.56. The Labute approximate surface area is 152 Å². The molecule has 0 atom stereocenters. The van der Waals surface area contributed by atoms with E-state index in [9.17, 15) is 19.5 Å². The SMILES string of the molecule is O=P(O)(O)C=C(c1ccccc1)c1c(O)c(Cl)c(Cl)c(Cl)c1Cl. The first-order chi connectivity index (χ1) is 10.6. The fraction of sp³-hybridized carbons (Fsp3) is 0. The first-order valence-corrected chi connectivity index (χ1v) is 9.21. The number of phenolic OH excluding ortho intramolecular Hbond substituents is 1.